The predicted octanol–water partition coefficient (Wildman–Crippen LogP) is 3.42. The minimum absolute atomic E-state index is 0. The van der Waals surface area contributed by atoms with E-state index >= 15 is 0 Å². The van der Waals surface area contributed by atoms with Gasteiger partial charge in [0, 0.05) is 18.7 Å². The Kier molecular flexibility index (Phi) is 7.65. The zero-order chi connectivity index (χ0) is 15.9. The fourth-order valence-electron chi connectivity index (χ4n) is 2.18. The monoisotopic (exact) mass is 338 g/mol. The first-order valence-electron chi connectivity index (χ1n) is 7.53. The molecule has 0 aliphatic rings. The molecular formula is C17H23ClN2O3. The van der Waals surface area contributed by atoms with Crippen molar-refractivity contribution < 1.29 is 13.9 Å². The SMILES string of the molecule is CCc1cc(C(=O)Nc2ccc(OCCN)cc2)oc1CC.Cl. The second-order valence-electron chi connectivity index (χ2n) is 4.88. The highest BCUT2D eigenvalue weighted by atomic mass is 35.5. The third-order valence-electron chi connectivity index (χ3n) is 3.32. The van der Waals surface area contributed by atoms with Crippen LogP contribution in [-0.4, -0.2) is 19.1 Å². The van der Waals surface area contributed by atoms with Crippen LogP contribution in [0.5, 0.6) is 5.75 Å². The van der Waals surface area contributed by atoms with Crippen molar-refractivity contribution in [3.05, 3.63) is 47.4 Å². The number of aryl methyl sites for hydroxylation is 2. The van der Waals surface area contributed by atoms with Crippen LogP contribution in [0.25, 0.3) is 0 Å². The Bertz CT molecular complexity index is 602. The van der Waals surface area contributed by atoms with Gasteiger partial charge in [0.25, 0.3) is 5.91 Å². The van der Waals surface area contributed by atoms with Gasteiger partial charge in [0.05, 0.1) is 0 Å². The third kappa shape index (κ3) is 5.01. The van der Waals surface area contributed by atoms with Crippen molar-refractivity contribution >= 4 is 24.0 Å². The van der Waals surface area contributed by atoms with E-state index < -0.39 is 0 Å². The number of halogens is 1. The van der Waals surface area contributed by atoms with Crippen molar-refractivity contribution in [3.63, 3.8) is 0 Å². The molecule has 2 rings (SSSR count). The van der Waals surface area contributed by atoms with Gasteiger partial charge in [-0.3, -0.25) is 4.79 Å². The van der Waals surface area contributed by atoms with Gasteiger partial charge < -0.3 is 20.2 Å². The van der Waals surface area contributed by atoms with Gasteiger partial charge in [0.1, 0.15) is 18.1 Å². The number of amides is 1. The second kappa shape index (κ2) is 9.22. The molecule has 0 saturated heterocycles. The molecule has 0 fully saturated rings. The van der Waals surface area contributed by atoms with Gasteiger partial charge in [0.2, 0.25) is 0 Å². The van der Waals surface area contributed by atoms with E-state index in [1.165, 1.54) is 0 Å². The Morgan fingerprint density at radius 3 is 2.43 bits per heavy atom. The van der Waals surface area contributed by atoms with Crippen molar-refractivity contribution in [2.24, 2.45) is 5.73 Å². The number of furan rings is 1. The molecule has 6 heteroatoms. The van der Waals surface area contributed by atoms with Crippen LogP contribution >= 0.6 is 12.4 Å². The lowest BCUT2D eigenvalue weighted by Crippen LogP contribution is -2.12. The molecule has 0 aliphatic heterocycles. The molecular weight excluding hydrogens is 316 g/mol. The zero-order valence-electron chi connectivity index (χ0n) is 13.4. The van der Waals surface area contributed by atoms with Crippen molar-refractivity contribution in [1.29, 1.82) is 0 Å². The molecule has 1 amide bonds. The molecule has 5 nitrogen and oxygen atoms in total. The average Bonchev–Trinajstić information content (AvgIpc) is 2.97. The number of anilines is 1. The molecule has 0 aliphatic carbocycles. The topological polar surface area (TPSA) is 77.5 Å². The highest BCUT2D eigenvalue weighted by Gasteiger charge is 2.15. The van der Waals surface area contributed by atoms with E-state index in [1.807, 2.05) is 19.9 Å². The first-order chi connectivity index (χ1) is 10.7. The highest BCUT2D eigenvalue weighted by Crippen LogP contribution is 2.20. The van der Waals surface area contributed by atoms with E-state index in [1.54, 1.807) is 24.3 Å². The molecule has 2 aromatic rings. The largest absolute Gasteiger partial charge is 0.492 e. The average molecular weight is 339 g/mol. The first kappa shape index (κ1) is 19.1. The third-order valence-corrected chi connectivity index (χ3v) is 3.32. The molecule has 0 unspecified atom stereocenters. The van der Waals surface area contributed by atoms with Crippen molar-refractivity contribution in [1.82, 2.24) is 0 Å². The fourth-order valence-corrected chi connectivity index (χ4v) is 2.18. The van der Waals surface area contributed by atoms with Crippen LogP contribution in [0.15, 0.2) is 34.7 Å². The number of hydrogen-bond acceptors (Lipinski definition) is 4. The number of ether oxygens (including phenoxy) is 1. The summed E-state index contributed by atoms with van der Waals surface area (Å²) in [6.45, 7) is 5.00. The summed E-state index contributed by atoms with van der Waals surface area (Å²) in [7, 11) is 0. The van der Waals surface area contributed by atoms with Gasteiger partial charge in [-0.1, -0.05) is 13.8 Å². The van der Waals surface area contributed by atoms with E-state index in [0.717, 1.165) is 29.9 Å². The van der Waals surface area contributed by atoms with Crippen molar-refractivity contribution in [3.8, 4) is 5.75 Å². The molecule has 0 bridgehead atoms. The van der Waals surface area contributed by atoms with Crippen LogP contribution in [0.4, 0.5) is 5.69 Å². The standard InChI is InChI=1S/C17H22N2O3.ClH/c1-3-12-11-16(22-15(12)4-2)17(20)19-13-5-7-14(8-6-13)21-10-9-18;/h5-8,11H,3-4,9-10,18H2,1-2H3,(H,19,20);1H. The maximum Gasteiger partial charge on any atom is 0.291 e. The summed E-state index contributed by atoms with van der Waals surface area (Å²) >= 11 is 0. The molecule has 23 heavy (non-hydrogen) atoms. The Labute approximate surface area is 142 Å². The van der Waals surface area contributed by atoms with Crippen LogP contribution < -0.4 is 15.8 Å². The molecule has 126 valence electrons. The molecule has 3 N–H and O–H groups in total. The molecule has 0 spiro atoms. The van der Waals surface area contributed by atoms with E-state index in [0.29, 0.717) is 24.6 Å². The van der Waals surface area contributed by atoms with Crippen LogP contribution in [0.1, 0.15) is 35.7 Å². The maximum absolute atomic E-state index is 12.2. The fraction of sp³-hybridized carbons (Fsp3) is 0.353. The van der Waals surface area contributed by atoms with Crippen LogP contribution in [0.3, 0.4) is 0 Å². The zero-order valence-corrected chi connectivity index (χ0v) is 14.2. The Hall–Kier alpha value is -1.98. The number of rotatable bonds is 7. The van der Waals surface area contributed by atoms with Gasteiger partial charge in [0.15, 0.2) is 5.76 Å². The summed E-state index contributed by atoms with van der Waals surface area (Å²) in [6, 6.07) is 8.97. The molecule has 0 saturated carbocycles. The second-order valence-corrected chi connectivity index (χ2v) is 4.88. The van der Waals surface area contributed by atoms with Crippen LogP contribution in [-0.2, 0) is 12.8 Å². The van der Waals surface area contributed by atoms with Crippen LogP contribution in [0.2, 0.25) is 0 Å². The normalized spacial score (nSPS) is 10.0. The lowest BCUT2D eigenvalue weighted by Gasteiger charge is -2.06. The number of nitrogens with one attached hydrogen (secondary N) is 1. The molecule has 0 atom stereocenters. The summed E-state index contributed by atoms with van der Waals surface area (Å²) in [5.41, 5.74) is 7.16. The molecule has 1 aromatic heterocycles. The summed E-state index contributed by atoms with van der Waals surface area (Å²) in [5.74, 6) is 1.70. The highest BCUT2D eigenvalue weighted by molar-refractivity contribution is 6.02. The lowest BCUT2D eigenvalue weighted by molar-refractivity contribution is 0.0995. The van der Waals surface area contributed by atoms with E-state index in [-0.39, 0.29) is 18.3 Å². The summed E-state index contributed by atoms with van der Waals surface area (Å²) in [4.78, 5) is 12.2. The predicted molar refractivity (Wildman–Crippen MR) is 93.7 cm³/mol. The number of carbonyl (C=O) groups is 1. The lowest BCUT2D eigenvalue weighted by atomic mass is 10.1. The number of hydrogen-bond donors (Lipinski definition) is 2. The molecule has 1 aromatic carbocycles. The minimum atomic E-state index is -0.245. The Morgan fingerprint density at radius 1 is 1.22 bits per heavy atom. The quantitative estimate of drug-likeness (QED) is 0.811. The molecule has 0 radical (unpaired) electrons. The summed E-state index contributed by atoms with van der Waals surface area (Å²) in [5, 5.41) is 2.82. The Morgan fingerprint density at radius 2 is 1.91 bits per heavy atom. The van der Waals surface area contributed by atoms with Gasteiger partial charge in [-0.05, 0) is 42.3 Å². The van der Waals surface area contributed by atoms with Gasteiger partial charge in [-0.25, -0.2) is 0 Å². The van der Waals surface area contributed by atoms with Crippen LogP contribution in [0, 0.1) is 0 Å². The minimum Gasteiger partial charge on any atom is -0.492 e. The van der Waals surface area contributed by atoms with Gasteiger partial charge >= 0.3 is 0 Å². The summed E-state index contributed by atoms with van der Waals surface area (Å²) < 4.78 is 11.0. The van der Waals surface area contributed by atoms with Crippen molar-refractivity contribution in [2.45, 2.75) is 26.7 Å². The number of benzene rings is 1. The number of carbonyl (C=O) groups excluding carboxylic acids is 1. The molecule has 1 heterocycles. The first-order valence-corrected chi connectivity index (χ1v) is 7.53. The van der Waals surface area contributed by atoms with E-state index in [9.17, 15) is 4.79 Å². The smallest absolute Gasteiger partial charge is 0.291 e. The van der Waals surface area contributed by atoms with Crippen molar-refractivity contribution in [2.75, 3.05) is 18.5 Å². The Balaban J connectivity index is 0.00000264. The maximum atomic E-state index is 12.2. The van der Waals surface area contributed by atoms with E-state index in [2.05, 4.69) is 5.32 Å². The van der Waals surface area contributed by atoms with Gasteiger partial charge in [-0.2, -0.15) is 0 Å². The number of nitrogens with two attached hydrogens (primary N) is 1. The van der Waals surface area contributed by atoms with Gasteiger partial charge in [-0.15, -0.1) is 12.4 Å². The van der Waals surface area contributed by atoms with E-state index in [4.69, 9.17) is 14.9 Å². The summed E-state index contributed by atoms with van der Waals surface area (Å²) in [6.07, 6.45) is 1.64.